The Balaban J connectivity index is 2.33. The number of hydrogen-bond donors (Lipinski definition) is 1. The number of Topliss-reactive ketones (excluding diaryl/α,β-unsaturated/α-hetero) is 1. The smallest absolute Gasteiger partial charge is 0.378 e. The SMILES string of the molecule is O=C(O)C(=O)c1ccc(-c2ccc(F)cc2)s1. The van der Waals surface area contributed by atoms with Gasteiger partial charge >= 0.3 is 5.97 Å². The Kier molecular flexibility index (Phi) is 3.01. The quantitative estimate of drug-likeness (QED) is 0.673. The molecule has 0 atom stereocenters. The van der Waals surface area contributed by atoms with Crippen molar-refractivity contribution in [2.75, 3.05) is 0 Å². The first-order valence-electron chi connectivity index (χ1n) is 4.71. The summed E-state index contributed by atoms with van der Waals surface area (Å²) in [5.74, 6) is -2.74. The van der Waals surface area contributed by atoms with Crippen molar-refractivity contribution in [2.45, 2.75) is 0 Å². The van der Waals surface area contributed by atoms with E-state index in [9.17, 15) is 14.0 Å². The van der Waals surface area contributed by atoms with Crippen LogP contribution >= 0.6 is 11.3 Å². The molecule has 2 aromatic rings. The molecular formula is C12H7FO3S. The van der Waals surface area contributed by atoms with Gasteiger partial charge in [0.15, 0.2) is 0 Å². The van der Waals surface area contributed by atoms with E-state index in [0.717, 1.165) is 21.8 Å². The molecule has 0 unspecified atom stereocenters. The van der Waals surface area contributed by atoms with Crippen molar-refractivity contribution < 1.29 is 19.1 Å². The summed E-state index contributed by atoms with van der Waals surface area (Å²) >= 11 is 1.08. The van der Waals surface area contributed by atoms with Crippen LogP contribution in [0.25, 0.3) is 10.4 Å². The van der Waals surface area contributed by atoms with Crippen LogP contribution in [0.15, 0.2) is 36.4 Å². The van der Waals surface area contributed by atoms with Crippen molar-refractivity contribution in [2.24, 2.45) is 0 Å². The molecule has 5 heteroatoms. The maximum atomic E-state index is 12.7. The van der Waals surface area contributed by atoms with E-state index in [1.807, 2.05) is 0 Å². The van der Waals surface area contributed by atoms with Gasteiger partial charge in [0.05, 0.1) is 4.88 Å². The standard InChI is InChI=1S/C12H7FO3S/c13-8-3-1-7(2-4-8)9-5-6-10(17-9)11(14)12(15)16/h1-6H,(H,15,16). The molecular weight excluding hydrogens is 243 g/mol. The number of thiophene rings is 1. The zero-order valence-electron chi connectivity index (χ0n) is 8.51. The molecule has 0 spiro atoms. The fourth-order valence-electron chi connectivity index (χ4n) is 1.33. The van der Waals surface area contributed by atoms with E-state index in [2.05, 4.69) is 0 Å². The molecule has 0 aliphatic carbocycles. The normalized spacial score (nSPS) is 10.2. The molecule has 0 saturated carbocycles. The van der Waals surface area contributed by atoms with Gasteiger partial charge in [0, 0.05) is 4.88 Å². The minimum Gasteiger partial charge on any atom is -0.475 e. The molecule has 0 aliphatic heterocycles. The van der Waals surface area contributed by atoms with Gasteiger partial charge in [-0.25, -0.2) is 9.18 Å². The monoisotopic (exact) mass is 250 g/mol. The molecule has 0 aliphatic rings. The number of carbonyl (C=O) groups excluding carboxylic acids is 1. The maximum Gasteiger partial charge on any atom is 0.378 e. The highest BCUT2D eigenvalue weighted by Gasteiger charge is 2.17. The number of carbonyl (C=O) groups is 2. The van der Waals surface area contributed by atoms with Crippen molar-refractivity contribution in [3.8, 4) is 10.4 Å². The van der Waals surface area contributed by atoms with Crippen molar-refractivity contribution in [1.29, 1.82) is 0 Å². The minimum atomic E-state index is -1.47. The summed E-state index contributed by atoms with van der Waals surface area (Å²) in [6.45, 7) is 0. The molecule has 2 rings (SSSR count). The molecule has 1 N–H and O–H groups in total. The second-order valence-corrected chi connectivity index (χ2v) is 4.39. The van der Waals surface area contributed by atoms with Crippen LogP contribution in [0.2, 0.25) is 0 Å². The lowest BCUT2D eigenvalue weighted by Gasteiger charge is -1.95. The van der Waals surface area contributed by atoms with E-state index in [4.69, 9.17) is 5.11 Å². The van der Waals surface area contributed by atoms with E-state index in [1.54, 1.807) is 18.2 Å². The van der Waals surface area contributed by atoms with Gasteiger partial charge < -0.3 is 5.11 Å². The van der Waals surface area contributed by atoms with Crippen LogP contribution in [0.5, 0.6) is 0 Å². The van der Waals surface area contributed by atoms with Crippen molar-refractivity contribution in [3.63, 3.8) is 0 Å². The highest BCUT2D eigenvalue weighted by molar-refractivity contribution is 7.18. The first-order chi connectivity index (χ1) is 8.08. The summed E-state index contributed by atoms with van der Waals surface area (Å²) < 4.78 is 12.7. The largest absolute Gasteiger partial charge is 0.475 e. The molecule has 86 valence electrons. The number of benzene rings is 1. The third-order valence-electron chi connectivity index (χ3n) is 2.15. The average molecular weight is 250 g/mol. The van der Waals surface area contributed by atoms with Crippen LogP contribution in [-0.4, -0.2) is 16.9 Å². The van der Waals surface area contributed by atoms with Crippen LogP contribution < -0.4 is 0 Å². The number of halogens is 1. The summed E-state index contributed by atoms with van der Waals surface area (Å²) in [4.78, 5) is 22.6. The molecule has 0 fully saturated rings. The number of rotatable bonds is 3. The Bertz CT molecular complexity index is 572. The summed E-state index contributed by atoms with van der Waals surface area (Å²) in [5.41, 5.74) is 0.751. The molecule has 0 saturated heterocycles. The number of carboxylic acid groups (broad SMARTS) is 1. The summed E-state index contributed by atoms with van der Waals surface area (Å²) in [5, 5.41) is 8.56. The van der Waals surface area contributed by atoms with Gasteiger partial charge in [-0.05, 0) is 29.8 Å². The Labute approximate surface area is 100 Å². The number of ketones is 1. The summed E-state index contributed by atoms with van der Waals surface area (Å²) in [7, 11) is 0. The Morgan fingerprint density at radius 3 is 2.29 bits per heavy atom. The van der Waals surface area contributed by atoms with Crippen molar-refractivity contribution in [1.82, 2.24) is 0 Å². The maximum absolute atomic E-state index is 12.7. The predicted molar refractivity (Wildman–Crippen MR) is 61.7 cm³/mol. The molecule has 1 aromatic carbocycles. The van der Waals surface area contributed by atoms with Gasteiger partial charge in [-0.3, -0.25) is 4.79 Å². The first-order valence-corrected chi connectivity index (χ1v) is 5.53. The Hall–Kier alpha value is -2.01. The Morgan fingerprint density at radius 1 is 1.06 bits per heavy atom. The number of carboxylic acids is 1. The van der Waals surface area contributed by atoms with Gasteiger partial charge in [0.1, 0.15) is 5.82 Å². The molecule has 1 heterocycles. The highest BCUT2D eigenvalue weighted by atomic mass is 32.1. The first kappa shape index (κ1) is 11.5. The fourth-order valence-corrected chi connectivity index (χ4v) is 2.28. The van der Waals surface area contributed by atoms with Crippen LogP contribution in [0.3, 0.4) is 0 Å². The van der Waals surface area contributed by atoms with E-state index in [1.165, 1.54) is 18.2 Å². The zero-order valence-corrected chi connectivity index (χ0v) is 9.33. The van der Waals surface area contributed by atoms with Crippen molar-refractivity contribution >= 4 is 23.1 Å². The minimum absolute atomic E-state index is 0.164. The zero-order chi connectivity index (χ0) is 12.4. The van der Waals surface area contributed by atoms with E-state index in [0.29, 0.717) is 0 Å². The third kappa shape index (κ3) is 2.39. The van der Waals surface area contributed by atoms with Gasteiger partial charge in [0.25, 0.3) is 5.78 Å². The van der Waals surface area contributed by atoms with Crippen LogP contribution in [-0.2, 0) is 4.79 Å². The van der Waals surface area contributed by atoms with E-state index < -0.39 is 11.8 Å². The van der Waals surface area contributed by atoms with Gasteiger partial charge in [0.2, 0.25) is 0 Å². The number of hydrogen-bond acceptors (Lipinski definition) is 3. The molecule has 17 heavy (non-hydrogen) atoms. The third-order valence-corrected chi connectivity index (χ3v) is 3.29. The van der Waals surface area contributed by atoms with Gasteiger partial charge in [-0.15, -0.1) is 11.3 Å². The summed E-state index contributed by atoms with van der Waals surface area (Å²) in [6.07, 6.45) is 0. The lowest BCUT2D eigenvalue weighted by atomic mass is 10.2. The fraction of sp³-hybridized carbons (Fsp3) is 0. The lowest BCUT2D eigenvalue weighted by molar-refractivity contribution is -0.131. The van der Waals surface area contributed by atoms with Crippen LogP contribution in [0.4, 0.5) is 4.39 Å². The van der Waals surface area contributed by atoms with E-state index >= 15 is 0 Å². The second-order valence-electron chi connectivity index (χ2n) is 3.31. The van der Waals surface area contributed by atoms with Gasteiger partial charge in [-0.1, -0.05) is 12.1 Å². The molecule has 3 nitrogen and oxygen atoms in total. The topological polar surface area (TPSA) is 54.4 Å². The predicted octanol–water partition coefficient (Wildman–Crippen LogP) is 2.82. The number of aliphatic carboxylic acids is 1. The van der Waals surface area contributed by atoms with Crippen molar-refractivity contribution in [3.05, 3.63) is 47.1 Å². The molecule has 0 amide bonds. The Morgan fingerprint density at radius 2 is 1.71 bits per heavy atom. The second kappa shape index (κ2) is 4.47. The molecule has 0 radical (unpaired) electrons. The summed E-state index contributed by atoms with van der Waals surface area (Å²) in [6, 6.07) is 8.89. The van der Waals surface area contributed by atoms with Crippen LogP contribution in [0.1, 0.15) is 9.67 Å². The highest BCUT2D eigenvalue weighted by Crippen LogP contribution is 2.28. The van der Waals surface area contributed by atoms with Gasteiger partial charge in [-0.2, -0.15) is 0 Å². The molecule has 1 aromatic heterocycles. The van der Waals surface area contributed by atoms with Crippen LogP contribution in [0, 0.1) is 5.82 Å². The van der Waals surface area contributed by atoms with E-state index in [-0.39, 0.29) is 10.7 Å². The lowest BCUT2D eigenvalue weighted by Crippen LogP contribution is -2.10. The molecule has 0 bridgehead atoms. The average Bonchev–Trinajstić information content (AvgIpc) is 2.78.